The van der Waals surface area contributed by atoms with Crippen LogP contribution in [0.2, 0.25) is 0 Å². The molecule has 1 heterocycles. The molecule has 8 heteroatoms. The summed E-state index contributed by atoms with van der Waals surface area (Å²) in [6.07, 6.45) is 3.36. The summed E-state index contributed by atoms with van der Waals surface area (Å²) < 4.78 is 15.4. The molecule has 0 spiro atoms. The molecule has 0 aliphatic carbocycles. The molecule has 120 valence electrons. The highest BCUT2D eigenvalue weighted by atomic mass is 32.2. The van der Waals surface area contributed by atoms with Gasteiger partial charge in [0, 0.05) is 6.61 Å². The number of nitrogens with zero attached hydrogens (tertiary/aromatic N) is 2. The van der Waals surface area contributed by atoms with E-state index >= 15 is 0 Å². The molecule has 7 nitrogen and oxygen atoms in total. The second-order valence-corrected chi connectivity index (χ2v) is 4.89. The van der Waals surface area contributed by atoms with Gasteiger partial charge in [-0.2, -0.15) is 5.26 Å². The van der Waals surface area contributed by atoms with Crippen molar-refractivity contribution in [3.8, 4) is 6.07 Å². The van der Waals surface area contributed by atoms with Gasteiger partial charge in [-0.05, 0) is 20.1 Å². The van der Waals surface area contributed by atoms with Crippen molar-refractivity contribution in [3.63, 3.8) is 0 Å². The van der Waals surface area contributed by atoms with Gasteiger partial charge in [0.1, 0.15) is 18.4 Å². The molecule has 0 aliphatic heterocycles. The van der Waals surface area contributed by atoms with Crippen LogP contribution in [0.5, 0.6) is 0 Å². The van der Waals surface area contributed by atoms with E-state index in [1.165, 1.54) is 11.8 Å². The number of aromatic nitrogens is 1. The Bertz CT molecular complexity index is 563. The Morgan fingerprint density at radius 1 is 1.55 bits per heavy atom. The van der Waals surface area contributed by atoms with Gasteiger partial charge in [-0.3, -0.25) is 0 Å². The fraction of sp³-hybridized carbons (Fsp3) is 0.500. The molecule has 0 fully saturated rings. The summed E-state index contributed by atoms with van der Waals surface area (Å²) in [5.74, 6) is 0.496. The molecular weight excluding hydrogens is 306 g/mol. The first-order chi connectivity index (χ1) is 10.6. The Balaban J connectivity index is 2.65. The van der Waals surface area contributed by atoms with Gasteiger partial charge < -0.3 is 19.2 Å². The summed E-state index contributed by atoms with van der Waals surface area (Å²) in [4.78, 5) is 15.9. The van der Waals surface area contributed by atoms with Gasteiger partial charge in [0.05, 0.1) is 24.4 Å². The quantitative estimate of drug-likeness (QED) is 0.317. The summed E-state index contributed by atoms with van der Waals surface area (Å²) in [6, 6.07) is 1.87. The van der Waals surface area contributed by atoms with Gasteiger partial charge in [0.2, 0.25) is 5.89 Å². The molecule has 22 heavy (non-hydrogen) atoms. The zero-order valence-electron chi connectivity index (χ0n) is 12.8. The van der Waals surface area contributed by atoms with Crippen molar-refractivity contribution < 1.29 is 18.7 Å². The minimum Gasteiger partial charge on any atom is -0.459 e. The average molecular weight is 325 g/mol. The van der Waals surface area contributed by atoms with Crippen LogP contribution in [0.25, 0.3) is 0 Å². The monoisotopic (exact) mass is 325 g/mol. The summed E-state index contributed by atoms with van der Waals surface area (Å²) >= 11 is 1.25. The Morgan fingerprint density at radius 2 is 2.32 bits per heavy atom. The van der Waals surface area contributed by atoms with Crippen LogP contribution in [0.3, 0.4) is 0 Å². The summed E-state index contributed by atoms with van der Waals surface area (Å²) in [6.45, 7) is 4.88. The van der Waals surface area contributed by atoms with Gasteiger partial charge >= 0.3 is 5.97 Å². The molecule has 0 amide bonds. The first-order valence-corrected chi connectivity index (χ1v) is 7.93. The van der Waals surface area contributed by atoms with Gasteiger partial charge in [0.25, 0.3) is 0 Å². The number of hydrogen-bond acceptors (Lipinski definition) is 8. The first-order valence-electron chi connectivity index (χ1n) is 6.70. The van der Waals surface area contributed by atoms with Crippen molar-refractivity contribution in [2.24, 2.45) is 0 Å². The molecule has 1 rings (SSSR count). The molecular formula is C14H19N3O4S. The van der Waals surface area contributed by atoms with Crippen LogP contribution in [-0.4, -0.2) is 37.0 Å². The minimum absolute atomic E-state index is 0.0766. The number of hydrogen-bond donors (Lipinski definition) is 1. The molecule has 0 radical (unpaired) electrons. The van der Waals surface area contributed by atoms with Crippen molar-refractivity contribution in [2.75, 3.05) is 26.1 Å². The third-order valence-corrected chi connectivity index (χ3v) is 3.24. The standard InChI is InChI=1S/C14H19N3O4S/c1-4-19-5-6-20-14(18)11(7-15)13(22-3)17-9-12-16-8-10(2)21-12/h8,17H,4-6,9H2,1-3H3/b13-11+. The molecule has 1 N–H and O–H groups in total. The lowest BCUT2D eigenvalue weighted by Crippen LogP contribution is -2.19. The van der Waals surface area contributed by atoms with Crippen molar-refractivity contribution >= 4 is 17.7 Å². The largest absolute Gasteiger partial charge is 0.459 e. The molecule has 0 aliphatic rings. The summed E-state index contributed by atoms with van der Waals surface area (Å²) in [5.41, 5.74) is -0.0766. The number of nitriles is 1. The van der Waals surface area contributed by atoms with Crippen LogP contribution in [0.4, 0.5) is 0 Å². The van der Waals surface area contributed by atoms with Crippen molar-refractivity contribution in [1.29, 1.82) is 5.26 Å². The number of esters is 1. The fourth-order valence-corrected chi connectivity index (χ4v) is 2.05. The first kappa shape index (κ1) is 18.1. The van der Waals surface area contributed by atoms with Gasteiger partial charge in [0.15, 0.2) is 5.57 Å². The Morgan fingerprint density at radius 3 is 2.86 bits per heavy atom. The Labute approximate surface area is 133 Å². The molecule has 0 saturated carbocycles. The van der Waals surface area contributed by atoms with E-state index in [0.29, 0.717) is 29.9 Å². The van der Waals surface area contributed by atoms with E-state index in [1.54, 1.807) is 19.4 Å². The van der Waals surface area contributed by atoms with Crippen molar-refractivity contribution in [2.45, 2.75) is 20.4 Å². The predicted octanol–water partition coefficient (Wildman–Crippen LogP) is 1.75. The normalized spacial score (nSPS) is 11.5. The molecule has 0 aromatic carbocycles. The maximum atomic E-state index is 11.9. The highest BCUT2D eigenvalue weighted by molar-refractivity contribution is 8.02. The smallest absolute Gasteiger partial charge is 0.351 e. The Kier molecular flexibility index (Phi) is 8.10. The van der Waals surface area contributed by atoms with Crippen LogP contribution in [0.1, 0.15) is 18.6 Å². The van der Waals surface area contributed by atoms with E-state index in [-0.39, 0.29) is 18.7 Å². The zero-order valence-corrected chi connectivity index (χ0v) is 13.7. The zero-order chi connectivity index (χ0) is 16.4. The van der Waals surface area contributed by atoms with Crippen molar-refractivity contribution in [3.05, 3.63) is 28.4 Å². The van der Waals surface area contributed by atoms with Crippen LogP contribution in [-0.2, 0) is 20.8 Å². The minimum atomic E-state index is -0.678. The van der Waals surface area contributed by atoms with Gasteiger partial charge in [-0.15, -0.1) is 11.8 Å². The van der Waals surface area contributed by atoms with E-state index in [9.17, 15) is 4.79 Å². The lowest BCUT2D eigenvalue weighted by atomic mass is 10.3. The van der Waals surface area contributed by atoms with Crippen LogP contribution < -0.4 is 5.32 Å². The summed E-state index contributed by atoms with van der Waals surface area (Å²) in [5, 5.41) is 12.6. The highest BCUT2D eigenvalue weighted by Gasteiger charge is 2.17. The lowest BCUT2D eigenvalue weighted by Gasteiger charge is -2.09. The van der Waals surface area contributed by atoms with Crippen molar-refractivity contribution in [1.82, 2.24) is 10.3 Å². The number of carbonyl (C=O) groups is 1. The van der Waals surface area contributed by atoms with E-state index in [4.69, 9.17) is 19.2 Å². The second kappa shape index (κ2) is 9.87. The van der Waals surface area contributed by atoms with E-state index < -0.39 is 5.97 Å². The number of rotatable bonds is 9. The van der Waals surface area contributed by atoms with E-state index in [0.717, 1.165) is 0 Å². The van der Waals surface area contributed by atoms with Gasteiger partial charge in [-0.25, -0.2) is 9.78 Å². The molecule has 1 aromatic rings. The third kappa shape index (κ3) is 5.79. The predicted molar refractivity (Wildman–Crippen MR) is 81.7 cm³/mol. The van der Waals surface area contributed by atoms with E-state index in [1.807, 2.05) is 13.0 Å². The second-order valence-electron chi connectivity index (χ2n) is 4.07. The number of ether oxygens (including phenoxy) is 2. The Hall–Kier alpha value is -1.98. The third-order valence-electron chi connectivity index (χ3n) is 2.48. The number of nitrogens with one attached hydrogen (secondary N) is 1. The average Bonchev–Trinajstić information content (AvgIpc) is 2.93. The SMILES string of the molecule is CCOCCOC(=O)/C(C#N)=C(\NCc1ncc(C)o1)SC. The highest BCUT2D eigenvalue weighted by Crippen LogP contribution is 2.16. The number of oxazole rings is 1. The summed E-state index contributed by atoms with van der Waals surface area (Å²) in [7, 11) is 0. The van der Waals surface area contributed by atoms with Crippen LogP contribution in [0, 0.1) is 18.3 Å². The molecule has 0 atom stereocenters. The van der Waals surface area contributed by atoms with Crippen LogP contribution >= 0.6 is 11.8 Å². The number of thioether (sulfide) groups is 1. The molecule has 1 aromatic heterocycles. The van der Waals surface area contributed by atoms with Gasteiger partial charge in [-0.1, -0.05) is 0 Å². The molecule has 0 bridgehead atoms. The lowest BCUT2D eigenvalue weighted by molar-refractivity contribution is -0.140. The van der Waals surface area contributed by atoms with E-state index in [2.05, 4.69) is 10.3 Å². The van der Waals surface area contributed by atoms with Crippen LogP contribution in [0.15, 0.2) is 21.2 Å². The topological polar surface area (TPSA) is 97.4 Å². The number of carbonyl (C=O) groups excluding carboxylic acids is 1. The maximum absolute atomic E-state index is 11.9. The maximum Gasteiger partial charge on any atom is 0.351 e. The molecule has 0 saturated heterocycles. The number of aryl methyl sites for hydroxylation is 1. The fourth-order valence-electron chi connectivity index (χ4n) is 1.50. The molecule has 0 unspecified atom stereocenters.